The lowest BCUT2D eigenvalue weighted by molar-refractivity contribution is -0.128. The van der Waals surface area contributed by atoms with Gasteiger partial charge in [0.2, 0.25) is 0 Å². The van der Waals surface area contributed by atoms with Gasteiger partial charge in [0.05, 0.1) is 13.1 Å². The number of carbonyl (C=O) groups is 1. The maximum absolute atomic E-state index is 11.9. The molecule has 0 saturated heterocycles. The number of hydrogen-bond acceptors (Lipinski definition) is 2. The second kappa shape index (κ2) is 4.96. The van der Waals surface area contributed by atoms with Gasteiger partial charge >= 0.3 is 6.18 Å². The first-order valence-corrected chi connectivity index (χ1v) is 6.23. The fourth-order valence-corrected chi connectivity index (χ4v) is 3.33. The second-order valence-corrected chi connectivity index (χ2v) is 5.40. The van der Waals surface area contributed by atoms with Gasteiger partial charge in [-0.25, -0.2) is 0 Å². The topological polar surface area (TPSA) is 29.1 Å². The summed E-state index contributed by atoms with van der Waals surface area (Å²) in [6.07, 6.45) is 1.06. The number of rotatable bonds is 5. The first-order valence-electron chi connectivity index (χ1n) is 6.23. The molecule has 0 aromatic rings. The zero-order valence-electron chi connectivity index (χ0n) is 9.72. The van der Waals surface area contributed by atoms with Crippen molar-refractivity contribution in [3.05, 3.63) is 0 Å². The van der Waals surface area contributed by atoms with Gasteiger partial charge in [-0.15, -0.1) is 0 Å². The largest absolute Gasteiger partial charge is 0.401 e. The molecule has 0 aromatic heterocycles. The monoisotopic (exact) mass is 249 g/mol. The lowest BCUT2D eigenvalue weighted by Crippen LogP contribution is -2.33. The summed E-state index contributed by atoms with van der Waals surface area (Å²) < 4.78 is 35.6. The first-order chi connectivity index (χ1) is 7.94. The summed E-state index contributed by atoms with van der Waals surface area (Å²) in [5.41, 5.74) is 0. The van der Waals surface area contributed by atoms with Gasteiger partial charge in [0.1, 0.15) is 5.78 Å². The standard InChI is InChI=1S/C12H18F3NO/c13-12(14,15)7-16-6-11(17)5-10-4-8-1-2-9(10)3-8/h8-10,16H,1-7H2. The van der Waals surface area contributed by atoms with Crippen molar-refractivity contribution in [1.29, 1.82) is 0 Å². The first kappa shape index (κ1) is 12.9. The SMILES string of the molecule is O=C(CNCC(F)(F)F)CC1CC2CCC1C2. The van der Waals surface area contributed by atoms with Crippen LogP contribution >= 0.6 is 0 Å². The Morgan fingerprint density at radius 2 is 2.00 bits per heavy atom. The smallest absolute Gasteiger partial charge is 0.302 e. The predicted molar refractivity (Wildman–Crippen MR) is 57.5 cm³/mol. The van der Waals surface area contributed by atoms with E-state index in [0.717, 1.165) is 12.3 Å². The third kappa shape index (κ3) is 3.69. The van der Waals surface area contributed by atoms with Crippen molar-refractivity contribution < 1.29 is 18.0 Å². The van der Waals surface area contributed by atoms with Crippen molar-refractivity contribution in [2.24, 2.45) is 17.8 Å². The molecule has 3 atom stereocenters. The average molecular weight is 249 g/mol. The molecule has 0 aromatic carbocycles. The Morgan fingerprint density at radius 1 is 1.24 bits per heavy atom. The van der Waals surface area contributed by atoms with E-state index >= 15 is 0 Å². The number of nitrogens with one attached hydrogen (secondary N) is 1. The molecule has 2 saturated carbocycles. The molecule has 0 spiro atoms. The van der Waals surface area contributed by atoms with Crippen LogP contribution in [0, 0.1) is 17.8 Å². The van der Waals surface area contributed by atoms with Crippen LogP contribution in [0.3, 0.4) is 0 Å². The molecule has 2 bridgehead atoms. The Kier molecular flexibility index (Phi) is 3.76. The van der Waals surface area contributed by atoms with Gasteiger partial charge in [0.15, 0.2) is 0 Å². The minimum atomic E-state index is -4.23. The van der Waals surface area contributed by atoms with Crippen LogP contribution in [-0.2, 0) is 4.79 Å². The van der Waals surface area contributed by atoms with Crippen LogP contribution in [0.1, 0.15) is 32.1 Å². The molecule has 1 N–H and O–H groups in total. The van der Waals surface area contributed by atoms with Gasteiger partial charge in [-0.2, -0.15) is 13.2 Å². The van der Waals surface area contributed by atoms with E-state index in [0.29, 0.717) is 18.3 Å². The quantitative estimate of drug-likeness (QED) is 0.811. The normalized spacial score (nSPS) is 32.1. The minimum absolute atomic E-state index is 0.0770. The van der Waals surface area contributed by atoms with Crippen LogP contribution < -0.4 is 5.32 Å². The van der Waals surface area contributed by atoms with Gasteiger partial charge in [0, 0.05) is 6.42 Å². The van der Waals surface area contributed by atoms with E-state index in [1.165, 1.54) is 19.3 Å². The number of fused-ring (bicyclic) bond motifs is 2. The van der Waals surface area contributed by atoms with E-state index in [4.69, 9.17) is 0 Å². The molecule has 3 unspecified atom stereocenters. The molecule has 2 aliphatic carbocycles. The third-order valence-corrected chi connectivity index (χ3v) is 4.02. The number of hydrogen-bond donors (Lipinski definition) is 1. The van der Waals surface area contributed by atoms with Crippen molar-refractivity contribution in [2.45, 2.75) is 38.3 Å². The van der Waals surface area contributed by atoms with E-state index in [1.807, 2.05) is 0 Å². The molecule has 2 rings (SSSR count). The molecule has 2 fully saturated rings. The highest BCUT2D eigenvalue weighted by Crippen LogP contribution is 2.49. The van der Waals surface area contributed by atoms with Crippen molar-refractivity contribution in [1.82, 2.24) is 5.32 Å². The van der Waals surface area contributed by atoms with Gasteiger partial charge in [-0.3, -0.25) is 4.79 Å². The molecule has 17 heavy (non-hydrogen) atoms. The average Bonchev–Trinajstić information content (AvgIpc) is 2.76. The fraction of sp³-hybridized carbons (Fsp3) is 0.917. The molecule has 0 radical (unpaired) electrons. The van der Waals surface area contributed by atoms with Crippen LogP contribution in [0.4, 0.5) is 13.2 Å². The maximum atomic E-state index is 11.9. The summed E-state index contributed by atoms with van der Waals surface area (Å²) in [7, 11) is 0. The summed E-state index contributed by atoms with van der Waals surface area (Å²) in [6, 6.07) is 0. The van der Waals surface area contributed by atoms with Gasteiger partial charge in [-0.1, -0.05) is 6.42 Å². The lowest BCUT2D eigenvalue weighted by Gasteiger charge is -2.20. The maximum Gasteiger partial charge on any atom is 0.401 e. The van der Waals surface area contributed by atoms with Crippen LogP contribution in [0.2, 0.25) is 0 Å². The Bertz CT molecular complexity index is 290. The highest BCUT2D eigenvalue weighted by Gasteiger charge is 2.39. The molecule has 0 amide bonds. The Hall–Kier alpha value is -0.580. The van der Waals surface area contributed by atoms with E-state index in [-0.39, 0.29) is 12.3 Å². The number of halogens is 3. The molecular formula is C12H18F3NO. The minimum Gasteiger partial charge on any atom is -0.302 e. The third-order valence-electron chi connectivity index (χ3n) is 4.02. The van der Waals surface area contributed by atoms with E-state index < -0.39 is 12.7 Å². The summed E-state index contributed by atoms with van der Waals surface area (Å²) in [5, 5.41) is 2.17. The van der Waals surface area contributed by atoms with Gasteiger partial charge in [-0.05, 0) is 37.0 Å². The van der Waals surface area contributed by atoms with Gasteiger partial charge in [0.25, 0.3) is 0 Å². The number of Topliss-reactive ketones (excluding diaryl/α,β-unsaturated/α-hetero) is 1. The summed E-state index contributed by atoms with van der Waals surface area (Å²) in [5.74, 6) is 1.80. The van der Waals surface area contributed by atoms with E-state index in [2.05, 4.69) is 5.32 Å². The van der Waals surface area contributed by atoms with E-state index in [9.17, 15) is 18.0 Å². The van der Waals surface area contributed by atoms with Crippen molar-refractivity contribution in [2.75, 3.05) is 13.1 Å². The van der Waals surface area contributed by atoms with E-state index in [1.54, 1.807) is 0 Å². The Morgan fingerprint density at radius 3 is 2.53 bits per heavy atom. The highest BCUT2D eigenvalue weighted by atomic mass is 19.4. The molecular weight excluding hydrogens is 231 g/mol. The predicted octanol–water partition coefficient (Wildman–Crippen LogP) is 2.53. The number of ketones is 1. The molecule has 2 aliphatic rings. The summed E-state index contributed by atoms with van der Waals surface area (Å²) >= 11 is 0. The van der Waals surface area contributed by atoms with Crippen molar-refractivity contribution >= 4 is 5.78 Å². The molecule has 2 nitrogen and oxygen atoms in total. The zero-order valence-corrected chi connectivity index (χ0v) is 9.72. The zero-order chi connectivity index (χ0) is 12.5. The second-order valence-electron chi connectivity index (χ2n) is 5.40. The van der Waals surface area contributed by atoms with Crippen LogP contribution in [0.25, 0.3) is 0 Å². The number of alkyl halides is 3. The molecule has 0 aliphatic heterocycles. The van der Waals surface area contributed by atoms with Crippen LogP contribution in [0.5, 0.6) is 0 Å². The molecule has 98 valence electrons. The molecule has 0 heterocycles. The lowest BCUT2D eigenvalue weighted by atomic mass is 9.85. The van der Waals surface area contributed by atoms with Crippen molar-refractivity contribution in [3.63, 3.8) is 0 Å². The summed E-state index contributed by atoms with van der Waals surface area (Å²) in [6.45, 7) is -1.22. The Labute approximate surface area is 98.9 Å². The van der Waals surface area contributed by atoms with Gasteiger partial charge < -0.3 is 5.32 Å². The molecule has 5 heteroatoms. The van der Waals surface area contributed by atoms with Crippen LogP contribution in [-0.4, -0.2) is 25.0 Å². The van der Waals surface area contributed by atoms with Crippen LogP contribution in [0.15, 0.2) is 0 Å². The van der Waals surface area contributed by atoms with Crippen molar-refractivity contribution in [3.8, 4) is 0 Å². The summed E-state index contributed by atoms with van der Waals surface area (Å²) in [4.78, 5) is 11.5. The number of carbonyl (C=O) groups excluding carboxylic acids is 1. The fourth-order valence-electron chi connectivity index (χ4n) is 3.33. The highest BCUT2D eigenvalue weighted by molar-refractivity contribution is 5.80. The Balaban J connectivity index is 1.64.